The molecule has 1 aromatic heterocycles. The molecule has 2 N–H and O–H groups in total. The number of carbonyl (C=O) groups is 1. The fourth-order valence-electron chi connectivity index (χ4n) is 4.73. The Balaban J connectivity index is 1.51. The number of aromatic amines is 1. The van der Waals surface area contributed by atoms with E-state index in [1.807, 2.05) is 18.2 Å². The minimum Gasteiger partial charge on any atom is -0.497 e. The topological polar surface area (TPSA) is 87.7 Å². The van der Waals surface area contributed by atoms with Gasteiger partial charge in [-0.1, -0.05) is 0 Å². The molecule has 28 heavy (non-hydrogen) atoms. The van der Waals surface area contributed by atoms with Crippen LogP contribution in [0.4, 0.5) is 0 Å². The molecule has 7 nitrogen and oxygen atoms in total. The fraction of sp³-hybridized carbons (Fsp3) is 0.619. The lowest BCUT2D eigenvalue weighted by molar-refractivity contribution is -0.139. The first kappa shape index (κ1) is 19.2. The summed E-state index contributed by atoms with van der Waals surface area (Å²) >= 11 is 0. The zero-order valence-electron chi connectivity index (χ0n) is 16.4. The lowest BCUT2D eigenvalue weighted by Crippen LogP contribution is -2.48. The van der Waals surface area contributed by atoms with Crippen molar-refractivity contribution in [2.24, 2.45) is 11.8 Å². The molecule has 0 amide bonds. The number of likely N-dealkylation sites (tertiary alicyclic amines) is 1. The average molecular weight is 387 g/mol. The van der Waals surface area contributed by atoms with Crippen LogP contribution >= 0.6 is 0 Å². The van der Waals surface area contributed by atoms with Gasteiger partial charge in [0.15, 0.2) is 0 Å². The van der Waals surface area contributed by atoms with Gasteiger partial charge in [0.05, 0.1) is 18.1 Å². The van der Waals surface area contributed by atoms with Crippen molar-refractivity contribution < 1.29 is 19.4 Å². The van der Waals surface area contributed by atoms with Gasteiger partial charge in [0.1, 0.15) is 11.6 Å². The highest BCUT2D eigenvalue weighted by Gasteiger charge is 2.34. The van der Waals surface area contributed by atoms with E-state index < -0.39 is 5.97 Å². The van der Waals surface area contributed by atoms with Gasteiger partial charge in [-0.15, -0.1) is 0 Å². The van der Waals surface area contributed by atoms with Gasteiger partial charge in [-0.25, -0.2) is 4.98 Å². The number of benzene rings is 1. The number of H-pyrrole nitrogens is 1. The molecule has 152 valence electrons. The van der Waals surface area contributed by atoms with Crippen LogP contribution in [0.1, 0.15) is 31.5 Å². The van der Waals surface area contributed by atoms with Gasteiger partial charge in [0.25, 0.3) is 0 Å². The van der Waals surface area contributed by atoms with E-state index in [1.54, 1.807) is 7.11 Å². The lowest BCUT2D eigenvalue weighted by Gasteiger charge is -2.43. The summed E-state index contributed by atoms with van der Waals surface area (Å²) in [4.78, 5) is 22.1. The summed E-state index contributed by atoms with van der Waals surface area (Å²) in [5.74, 6) is 1.50. The van der Waals surface area contributed by atoms with Crippen molar-refractivity contribution in [3.05, 3.63) is 24.0 Å². The number of methoxy groups -OCH3 is 1. The summed E-state index contributed by atoms with van der Waals surface area (Å²) < 4.78 is 10.8. The van der Waals surface area contributed by atoms with Crippen molar-refractivity contribution >= 4 is 17.0 Å². The third-order valence-electron chi connectivity index (χ3n) is 6.26. The molecule has 2 saturated heterocycles. The monoisotopic (exact) mass is 387 g/mol. The zero-order valence-corrected chi connectivity index (χ0v) is 16.4. The number of rotatable bonds is 6. The third kappa shape index (κ3) is 4.31. The Labute approximate surface area is 165 Å². The van der Waals surface area contributed by atoms with Crippen LogP contribution in [0.15, 0.2) is 18.2 Å². The minimum absolute atomic E-state index is 0.191. The van der Waals surface area contributed by atoms with Gasteiger partial charge in [-0.05, 0) is 49.8 Å². The van der Waals surface area contributed by atoms with Crippen molar-refractivity contribution in [2.45, 2.75) is 38.1 Å². The fourth-order valence-corrected chi connectivity index (χ4v) is 4.73. The standard InChI is InChI=1S/C21H29N3O4/c1-27-17-2-3-18-19(12-17)23-20(22-18)10-15-13-24(16-5-8-28-9-6-16)7-4-14(15)11-21(25)26/h2-3,12,14-16H,4-11,13H2,1H3,(H,22,23)(H,25,26)/t14-,15-/m0/s1. The van der Waals surface area contributed by atoms with Crippen molar-refractivity contribution in [2.75, 3.05) is 33.4 Å². The number of aromatic nitrogens is 2. The Morgan fingerprint density at radius 2 is 2.14 bits per heavy atom. The molecule has 0 aliphatic carbocycles. The number of carboxylic acid groups (broad SMARTS) is 1. The van der Waals surface area contributed by atoms with Gasteiger partial charge in [0.2, 0.25) is 0 Å². The van der Waals surface area contributed by atoms with Crippen molar-refractivity contribution in [1.82, 2.24) is 14.9 Å². The first-order valence-electron chi connectivity index (χ1n) is 10.2. The molecule has 0 saturated carbocycles. The molecule has 2 aliphatic rings. The molecule has 0 unspecified atom stereocenters. The summed E-state index contributed by atoms with van der Waals surface area (Å²) in [5, 5.41) is 9.37. The molecule has 3 heterocycles. The number of hydrogen-bond donors (Lipinski definition) is 2. The number of fused-ring (bicyclic) bond motifs is 1. The van der Waals surface area contributed by atoms with Crippen molar-refractivity contribution in [3.63, 3.8) is 0 Å². The summed E-state index contributed by atoms with van der Waals surface area (Å²) in [6, 6.07) is 6.38. The number of nitrogens with one attached hydrogen (secondary N) is 1. The van der Waals surface area contributed by atoms with Gasteiger partial charge < -0.3 is 19.6 Å². The van der Waals surface area contributed by atoms with Gasteiger partial charge in [-0.2, -0.15) is 0 Å². The molecular formula is C21H29N3O4. The number of imidazole rings is 1. The molecule has 0 radical (unpaired) electrons. The number of ether oxygens (including phenoxy) is 2. The van der Waals surface area contributed by atoms with Crippen LogP contribution in [0.5, 0.6) is 5.75 Å². The molecule has 2 fully saturated rings. The second-order valence-corrected chi connectivity index (χ2v) is 8.02. The van der Waals surface area contributed by atoms with Gasteiger partial charge in [-0.3, -0.25) is 9.69 Å². The molecule has 1 aromatic carbocycles. The first-order chi connectivity index (χ1) is 13.6. The number of nitrogens with zero attached hydrogens (tertiary/aromatic N) is 2. The molecular weight excluding hydrogens is 358 g/mol. The van der Waals surface area contributed by atoms with E-state index in [4.69, 9.17) is 14.5 Å². The second kappa shape index (κ2) is 8.49. The van der Waals surface area contributed by atoms with Crippen LogP contribution in [-0.4, -0.2) is 65.4 Å². The van der Waals surface area contributed by atoms with Crippen LogP contribution in [0, 0.1) is 11.8 Å². The maximum absolute atomic E-state index is 11.4. The molecule has 0 spiro atoms. The normalized spacial score (nSPS) is 24.5. The number of carboxylic acids is 1. The van der Waals surface area contributed by atoms with Crippen molar-refractivity contribution in [1.29, 1.82) is 0 Å². The molecule has 0 bridgehead atoms. The Morgan fingerprint density at radius 3 is 2.89 bits per heavy atom. The number of hydrogen-bond acceptors (Lipinski definition) is 5. The van der Waals surface area contributed by atoms with Crippen LogP contribution in [-0.2, 0) is 16.0 Å². The number of piperidine rings is 1. The van der Waals surface area contributed by atoms with E-state index in [0.29, 0.717) is 6.04 Å². The van der Waals surface area contributed by atoms with Crippen LogP contribution < -0.4 is 4.74 Å². The average Bonchev–Trinajstić information content (AvgIpc) is 3.11. The molecule has 2 atom stereocenters. The molecule has 4 rings (SSSR count). The molecule has 2 aromatic rings. The van der Waals surface area contributed by atoms with E-state index in [9.17, 15) is 9.90 Å². The predicted molar refractivity (Wildman–Crippen MR) is 106 cm³/mol. The Kier molecular flexibility index (Phi) is 5.82. The second-order valence-electron chi connectivity index (χ2n) is 8.02. The van der Waals surface area contributed by atoms with E-state index in [2.05, 4.69) is 9.88 Å². The van der Waals surface area contributed by atoms with Crippen LogP contribution in [0.25, 0.3) is 11.0 Å². The van der Waals surface area contributed by atoms with Crippen LogP contribution in [0.2, 0.25) is 0 Å². The molecule has 2 aliphatic heterocycles. The smallest absolute Gasteiger partial charge is 0.303 e. The minimum atomic E-state index is -0.705. The largest absolute Gasteiger partial charge is 0.497 e. The Bertz CT molecular complexity index is 815. The Morgan fingerprint density at radius 1 is 1.32 bits per heavy atom. The maximum Gasteiger partial charge on any atom is 0.303 e. The molecule has 7 heteroatoms. The van der Waals surface area contributed by atoms with Crippen molar-refractivity contribution in [3.8, 4) is 5.75 Å². The number of aliphatic carboxylic acids is 1. The van der Waals surface area contributed by atoms with Gasteiger partial charge >= 0.3 is 5.97 Å². The quantitative estimate of drug-likeness (QED) is 0.792. The van der Waals surface area contributed by atoms with Crippen LogP contribution in [0.3, 0.4) is 0 Å². The van der Waals surface area contributed by atoms with E-state index in [-0.39, 0.29) is 18.3 Å². The van der Waals surface area contributed by atoms with Gasteiger partial charge in [0, 0.05) is 44.7 Å². The summed E-state index contributed by atoms with van der Waals surface area (Å²) in [5.41, 5.74) is 1.88. The van der Waals surface area contributed by atoms with E-state index in [1.165, 1.54) is 0 Å². The van der Waals surface area contributed by atoms with E-state index in [0.717, 1.165) is 74.6 Å². The third-order valence-corrected chi connectivity index (χ3v) is 6.26. The summed E-state index contributed by atoms with van der Waals surface area (Å²) in [7, 11) is 1.65. The highest BCUT2D eigenvalue weighted by molar-refractivity contribution is 5.76. The summed E-state index contributed by atoms with van der Waals surface area (Å²) in [6.07, 6.45) is 4.08. The Hall–Kier alpha value is -2.12. The highest BCUT2D eigenvalue weighted by atomic mass is 16.5. The maximum atomic E-state index is 11.4. The first-order valence-corrected chi connectivity index (χ1v) is 10.2. The lowest BCUT2D eigenvalue weighted by atomic mass is 9.80. The zero-order chi connectivity index (χ0) is 19.5. The SMILES string of the molecule is COc1ccc2nc(C[C@H]3CN(C4CCOCC4)CC[C@H]3CC(=O)O)[nH]c2c1. The summed E-state index contributed by atoms with van der Waals surface area (Å²) in [6.45, 7) is 3.57. The van der Waals surface area contributed by atoms with E-state index >= 15 is 0 Å². The highest BCUT2D eigenvalue weighted by Crippen LogP contribution is 2.32. The predicted octanol–water partition coefficient (Wildman–Crippen LogP) is 2.71.